The van der Waals surface area contributed by atoms with Crippen molar-refractivity contribution in [2.24, 2.45) is 5.73 Å². The molecule has 2 N–H and O–H groups in total. The number of carbonyl (C=O) groups is 1. The Bertz CT molecular complexity index is 647. The molecule has 3 heteroatoms. The molecule has 0 bridgehead atoms. The van der Waals surface area contributed by atoms with Gasteiger partial charge in [-0.3, -0.25) is 0 Å². The van der Waals surface area contributed by atoms with Crippen LogP contribution in [0.5, 0.6) is 0 Å². The van der Waals surface area contributed by atoms with Crippen molar-refractivity contribution in [1.29, 1.82) is 0 Å². The summed E-state index contributed by atoms with van der Waals surface area (Å²) >= 11 is 0. The van der Waals surface area contributed by atoms with Gasteiger partial charge in [-0.05, 0) is 53.6 Å². The number of hydrogen-bond donors (Lipinski definition) is 1. The van der Waals surface area contributed by atoms with Crippen molar-refractivity contribution in [3.8, 4) is 0 Å². The van der Waals surface area contributed by atoms with E-state index in [0.29, 0.717) is 0 Å². The predicted molar refractivity (Wildman–Crippen MR) is 140 cm³/mol. The molecule has 0 radical (unpaired) electrons. The fourth-order valence-corrected chi connectivity index (χ4v) is 2.39. The highest BCUT2D eigenvalue weighted by Gasteiger charge is 2.12. The summed E-state index contributed by atoms with van der Waals surface area (Å²) in [6.45, 7) is 20.4. The van der Waals surface area contributed by atoms with E-state index in [4.69, 9.17) is 10.5 Å². The van der Waals surface area contributed by atoms with E-state index in [-0.39, 0.29) is 10.8 Å². The summed E-state index contributed by atoms with van der Waals surface area (Å²) in [6, 6.07) is 17.5. The third kappa shape index (κ3) is 14.5. The minimum atomic E-state index is 0.251. The fraction of sp³-hybridized carbons (Fsp3) is 0.519. The molecule has 0 spiro atoms. The van der Waals surface area contributed by atoms with Gasteiger partial charge in [0.15, 0.2) is 0 Å². The number of carbonyl (C=O) groups excluding carboxylic acids is 1. The Morgan fingerprint density at radius 3 is 1.40 bits per heavy atom. The zero-order valence-corrected chi connectivity index (χ0v) is 21.9. The van der Waals surface area contributed by atoms with Crippen LogP contribution in [0, 0.1) is 6.92 Å². The van der Waals surface area contributed by atoms with E-state index in [1.165, 1.54) is 34.8 Å². The summed E-state index contributed by atoms with van der Waals surface area (Å²) in [7, 11) is 2.66. The van der Waals surface area contributed by atoms with Crippen molar-refractivity contribution in [2.75, 3.05) is 12.7 Å². The Morgan fingerprint density at radius 1 is 0.800 bits per heavy atom. The number of hydrogen-bond acceptors (Lipinski definition) is 2. The molecule has 0 saturated heterocycles. The van der Waals surface area contributed by atoms with E-state index in [1.54, 1.807) is 0 Å². The molecule has 2 rings (SSSR count). The van der Waals surface area contributed by atoms with Crippen LogP contribution < -0.4 is 5.73 Å². The van der Waals surface area contributed by atoms with Crippen LogP contribution in [0.4, 0.5) is 0 Å². The van der Waals surface area contributed by atoms with Crippen molar-refractivity contribution in [3.63, 3.8) is 0 Å². The number of rotatable bonds is 3. The highest BCUT2D eigenvalue weighted by atomic mass is 31.0. The van der Waals surface area contributed by atoms with Gasteiger partial charge in [-0.1, -0.05) is 109 Å². The number of benzene rings is 2. The lowest BCUT2D eigenvalue weighted by molar-refractivity contribution is -0.0979. The normalized spacial score (nSPS) is 10.5. The topological polar surface area (TPSA) is 43.1 Å². The molecule has 2 aromatic carbocycles. The highest BCUT2D eigenvalue weighted by Crippen LogP contribution is 2.22. The Labute approximate surface area is 189 Å². The highest BCUT2D eigenvalue weighted by molar-refractivity contribution is 7.16. The van der Waals surface area contributed by atoms with Gasteiger partial charge in [-0.15, -0.1) is 9.24 Å². The first-order valence-electron chi connectivity index (χ1n) is 10.8. The lowest BCUT2D eigenvalue weighted by Gasteiger charge is -2.19. The molecular formula is C27H46NOP. The molecule has 170 valence electrons. The standard InChI is InChI=1S/C12H19N.C11H16.C3H9P.CH2O/c1-12(2,3)11-6-4-10(5-7-11)8-9-13;1-9-5-7-10(8-6-9)11(2,3)4;1-2-3-4;1-2/h4-7H,8-9,13H2,1-3H3;5-8H,1-4H3;2-4H2,1H3;1H2. The molecule has 1 unspecified atom stereocenters. The van der Waals surface area contributed by atoms with E-state index in [2.05, 4.69) is 113 Å². The lowest BCUT2D eigenvalue weighted by Crippen LogP contribution is -2.11. The average molecular weight is 432 g/mol. The zero-order chi connectivity index (χ0) is 23.8. The van der Waals surface area contributed by atoms with Crippen LogP contribution in [0.3, 0.4) is 0 Å². The Hall–Kier alpha value is -1.50. The molecule has 30 heavy (non-hydrogen) atoms. The van der Waals surface area contributed by atoms with Crippen LogP contribution >= 0.6 is 9.24 Å². The second kappa shape index (κ2) is 16.2. The third-order valence-electron chi connectivity index (χ3n) is 4.46. The molecule has 0 aliphatic heterocycles. The average Bonchev–Trinajstić information content (AvgIpc) is 2.70. The van der Waals surface area contributed by atoms with Crippen LogP contribution in [-0.4, -0.2) is 19.5 Å². The van der Waals surface area contributed by atoms with Gasteiger partial charge in [0.2, 0.25) is 0 Å². The lowest BCUT2D eigenvalue weighted by atomic mass is 9.86. The fourth-order valence-electron chi connectivity index (χ4n) is 2.39. The van der Waals surface area contributed by atoms with Gasteiger partial charge in [0.1, 0.15) is 6.79 Å². The van der Waals surface area contributed by atoms with Crippen molar-refractivity contribution >= 4 is 16.0 Å². The van der Waals surface area contributed by atoms with Crippen LogP contribution in [-0.2, 0) is 22.0 Å². The van der Waals surface area contributed by atoms with E-state index in [9.17, 15) is 0 Å². The molecule has 2 aromatic rings. The van der Waals surface area contributed by atoms with Gasteiger partial charge in [-0.2, -0.15) is 0 Å². The molecule has 0 aliphatic rings. The van der Waals surface area contributed by atoms with E-state index < -0.39 is 0 Å². The summed E-state index contributed by atoms with van der Waals surface area (Å²) in [5, 5.41) is 0. The quantitative estimate of drug-likeness (QED) is 0.539. The van der Waals surface area contributed by atoms with Gasteiger partial charge in [-0.25, -0.2) is 0 Å². The van der Waals surface area contributed by atoms with E-state index in [0.717, 1.165) is 13.0 Å². The first-order chi connectivity index (χ1) is 14.0. The summed E-state index contributed by atoms with van der Waals surface area (Å²) in [6.07, 6.45) is 3.50. The maximum atomic E-state index is 8.00. The second-order valence-corrected chi connectivity index (χ2v) is 9.97. The van der Waals surface area contributed by atoms with E-state index in [1.807, 2.05) is 6.79 Å². The van der Waals surface area contributed by atoms with Crippen LogP contribution in [0.2, 0.25) is 0 Å². The third-order valence-corrected chi connectivity index (χ3v) is 5.04. The summed E-state index contributed by atoms with van der Waals surface area (Å²) in [5.74, 6) is 0. The minimum absolute atomic E-state index is 0.251. The smallest absolute Gasteiger partial charge is 0.106 e. The predicted octanol–water partition coefficient (Wildman–Crippen LogP) is 6.86. The van der Waals surface area contributed by atoms with Crippen LogP contribution in [0.15, 0.2) is 48.5 Å². The molecule has 2 nitrogen and oxygen atoms in total. The Morgan fingerprint density at radius 2 is 1.13 bits per heavy atom. The molecule has 0 amide bonds. The van der Waals surface area contributed by atoms with Crippen molar-refractivity contribution in [3.05, 3.63) is 70.8 Å². The summed E-state index contributed by atoms with van der Waals surface area (Å²) in [4.78, 5) is 8.00. The largest absolute Gasteiger partial charge is 0.330 e. The first-order valence-corrected chi connectivity index (χ1v) is 11.6. The van der Waals surface area contributed by atoms with Crippen LogP contribution in [0.1, 0.15) is 77.1 Å². The van der Waals surface area contributed by atoms with E-state index >= 15 is 0 Å². The van der Waals surface area contributed by atoms with Crippen molar-refractivity contribution in [1.82, 2.24) is 0 Å². The van der Waals surface area contributed by atoms with Gasteiger partial charge in [0, 0.05) is 0 Å². The van der Waals surface area contributed by atoms with Gasteiger partial charge < -0.3 is 10.5 Å². The van der Waals surface area contributed by atoms with Gasteiger partial charge >= 0.3 is 0 Å². The molecule has 0 aromatic heterocycles. The molecular weight excluding hydrogens is 385 g/mol. The molecule has 0 fully saturated rings. The second-order valence-electron chi connectivity index (χ2n) is 9.39. The molecule has 0 saturated carbocycles. The van der Waals surface area contributed by atoms with Crippen molar-refractivity contribution < 1.29 is 4.79 Å². The van der Waals surface area contributed by atoms with Crippen molar-refractivity contribution in [2.45, 2.75) is 79.1 Å². The van der Waals surface area contributed by atoms with Gasteiger partial charge in [0.05, 0.1) is 0 Å². The summed E-state index contributed by atoms with van der Waals surface area (Å²) in [5.41, 5.74) is 11.5. The monoisotopic (exact) mass is 431 g/mol. The number of aryl methyl sites for hydroxylation is 1. The first kappa shape index (κ1) is 30.7. The van der Waals surface area contributed by atoms with Crippen LogP contribution in [0.25, 0.3) is 0 Å². The Balaban J connectivity index is 0. The molecule has 0 heterocycles. The maximum Gasteiger partial charge on any atom is 0.106 e. The zero-order valence-electron chi connectivity index (χ0n) is 20.7. The maximum absolute atomic E-state index is 8.00. The SMILES string of the molecule is C=O.CC(C)(C)c1ccc(CCN)cc1.CCCP.Cc1ccc(C(C)(C)C)cc1. The van der Waals surface area contributed by atoms with Gasteiger partial charge in [0.25, 0.3) is 0 Å². The summed E-state index contributed by atoms with van der Waals surface area (Å²) < 4.78 is 0. The number of nitrogens with two attached hydrogens (primary N) is 1. The molecule has 1 atom stereocenters. The minimum Gasteiger partial charge on any atom is -0.330 e. The molecule has 0 aliphatic carbocycles. The Kier molecular flexibility index (Phi) is 16.6.